The molecule has 1 N–H and O–H groups in total. The second-order valence-electron chi connectivity index (χ2n) is 11.2. The van der Waals surface area contributed by atoms with Crippen molar-refractivity contribution in [1.29, 1.82) is 0 Å². The average Bonchev–Trinajstić information content (AvgIpc) is 3.37. The van der Waals surface area contributed by atoms with Gasteiger partial charge in [-0.25, -0.2) is 0 Å². The summed E-state index contributed by atoms with van der Waals surface area (Å²) >= 11 is 0. The zero-order valence-electron chi connectivity index (χ0n) is 24.9. The molecule has 0 radical (unpaired) electrons. The molecule has 0 spiro atoms. The molecule has 0 amide bonds. The van der Waals surface area contributed by atoms with Crippen molar-refractivity contribution in [3.05, 3.63) is 41.8 Å². The number of aliphatic hydroxyl groups excluding tert-OH is 1. The molecule has 11 heteroatoms. The summed E-state index contributed by atoms with van der Waals surface area (Å²) in [6.45, 7) is 10.9. The molecule has 0 aromatic carbocycles. The van der Waals surface area contributed by atoms with E-state index in [0.29, 0.717) is 48.4 Å². The van der Waals surface area contributed by atoms with Crippen molar-refractivity contribution >= 4 is 29.2 Å². The van der Waals surface area contributed by atoms with Crippen LogP contribution in [0.3, 0.4) is 0 Å². The molecule has 2 aliphatic rings. The predicted molar refractivity (Wildman–Crippen MR) is 152 cm³/mol. The van der Waals surface area contributed by atoms with Gasteiger partial charge in [0.2, 0.25) is 0 Å². The molecule has 0 aliphatic heterocycles. The normalized spacial score (nSPS) is 24.3. The zero-order chi connectivity index (χ0) is 30.8. The summed E-state index contributed by atoms with van der Waals surface area (Å²) in [5, 5.41) is 18.5. The van der Waals surface area contributed by atoms with Gasteiger partial charge in [0, 0.05) is 30.7 Å². The summed E-state index contributed by atoms with van der Waals surface area (Å²) in [4.78, 5) is 56.1. The fourth-order valence-electron chi connectivity index (χ4n) is 5.41. The van der Waals surface area contributed by atoms with Gasteiger partial charge in [-0.05, 0) is 50.2 Å². The first kappa shape index (κ1) is 32.9. The number of aromatic nitrogens is 1. The predicted octanol–water partition coefficient (Wildman–Crippen LogP) is 4.20. The minimum absolute atomic E-state index is 0.0311. The van der Waals surface area contributed by atoms with Gasteiger partial charge in [0.15, 0.2) is 12.4 Å². The summed E-state index contributed by atoms with van der Waals surface area (Å²) in [5.41, 5.74) is 1.84. The van der Waals surface area contributed by atoms with Crippen LogP contribution >= 0.6 is 0 Å². The largest absolute Gasteiger partial charge is 0.461 e. The van der Waals surface area contributed by atoms with E-state index >= 15 is 0 Å². The number of carbonyl (C=O) groups is 4. The molecule has 2 aliphatic carbocycles. The van der Waals surface area contributed by atoms with Crippen molar-refractivity contribution in [2.75, 3.05) is 6.61 Å². The molecule has 1 fully saturated rings. The number of fused-ring (bicyclic) bond motifs is 1. The van der Waals surface area contributed by atoms with Gasteiger partial charge in [-0.3, -0.25) is 19.2 Å². The highest BCUT2D eigenvalue weighted by atomic mass is 16.6. The third-order valence-corrected chi connectivity index (χ3v) is 7.94. The van der Waals surface area contributed by atoms with Crippen molar-refractivity contribution in [3.8, 4) is 0 Å². The van der Waals surface area contributed by atoms with Crippen LogP contribution in [0.2, 0.25) is 0 Å². The molecule has 1 heterocycles. The molecule has 6 unspecified atom stereocenters. The minimum Gasteiger partial charge on any atom is -0.461 e. The molecule has 1 saturated carbocycles. The van der Waals surface area contributed by atoms with Gasteiger partial charge in [-0.15, -0.1) is 0 Å². The van der Waals surface area contributed by atoms with Crippen LogP contribution in [0.1, 0.15) is 77.2 Å². The number of hydrogen-bond donors (Lipinski definition) is 1. The van der Waals surface area contributed by atoms with E-state index in [0.717, 1.165) is 0 Å². The van der Waals surface area contributed by atoms with E-state index in [1.807, 2.05) is 20.8 Å². The summed E-state index contributed by atoms with van der Waals surface area (Å²) in [6, 6.07) is 1.74. The number of oxime groups is 1. The van der Waals surface area contributed by atoms with Gasteiger partial charge in [-0.2, -0.15) is 0 Å². The number of Topliss-reactive ketones (excluding diaryl/α,β-unsaturated/α-hetero) is 1. The van der Waals surface area contributed by atoms with Crippen LogP contribution in [0.15, 0.2) is 40.0 Å². The van der Waals surface area contributed by atoms with Gasteiger partial charge in [0.05, 0.1) is 24.2 Å². The zero-order valence-corrected chi connectivity index (χ0v) is 24.9. The number of esters is 2. The van der Waals surface area contributed by atoms with Crippen molar-refractivity contribution in [1.82, 2.24) is 5.16 Å². The lowest BCUT2D eigenvalue weighted by atomic mass is 9.63. The smallest absolute Gasteiger partial charge is 0.308 e. The third kappa shape index (κ3) is 8.95. The Balaban J connectivity index is 1.76. The maximum Gasteiger partial charge on any atom is 0.308 e. The Morgan fingerprint density at radius 3 is 2.74 bits per heavy atom. The van der Waals surface area contributed by atoms with Crippen molar-refractivity contribution < 1.29 is 43.1 Å². The Kier molecular flexibility index (Phi) is 12.2. The Bertz CT molecular complexity index is 1200. The molecule has 6 atom stereocenters. The molecule has 11 nitrogen and oxygen atoms in total. The monoisotopic (exact) mass is 586 g/mol. The number of aliphatic hydroxyl groups is 1. The van der Waals surface area contributed by atoms with E-state index in [4.69, 9.17) is 18.8 Å². The molecular formula is C31H42N2O9. The standard InChI is InChI=1S/C31H42N2O9/c1-6-12-39-29(37)15-23(35)14-22(34)8-9-24-20(5)27(36)16-25-26(33-40-17-21-13-19(4)42-32-21)10-11-28(30(24)25)41-31(38)18(3)7-2/h6,13,16,18,20,23-24,28,30,35H,1,7-12,14-15,17H2,2-5H3. The lowest BCUT2D eigenvalue weighted by molar-refractivity contribution is -0.158. The van der Waals surface area contributed by atoms with Crippen molar-refractivity contribution in [3.63, 3.8) is 0 Å². The number of aryl methyl sites for hydroxylation is 1. The number of allylic oxidation sites excluding steroid dienone is 1. The lowest BCUT2D eigenvalue weighted by Crippen LogP contribution is -2.46. The highest BCUT2D eigenvalue weighted by Gasteiger charge is 2.46. The highest BCUT2D eigenvalue weighted by Crippen LogP contribution is 2.44. The second kappa shape index (κ2) is 15.6. The topological polar surface area (TPSA) is 155 Å². The molecule has 42 heavy (non-hydrogen) atoms. The molecule has 0 saturated heterocycles. The Labute approximate surface area is 246 Å². The van der Waals surface area contributed by atoms with Gasteiger partial charge in [0.1, 0.15) is 29.9 Å². The SMILES string of the molecule is C=CCOC(=O)CC(O)CC(=O)CCC1C(C)C(=O)C=C2C(=NOCc3cc(C)on3)CCC(OC(=O)C(C)CC)C21. The number of rotatable bonds is 15. The summed E-state index contributed by atoms with van der Waals surface area (Å²) in [5.74, 6) is -1.97. The second-order valence-corrected chi connectivity index (χ2v) is 11.2. The first-order valence-corrected chi connectivity index (χ1v) is 14.6. The van der Waals surface area contributed by atoms with E-state index in [1.165, 1.54) is 6.08 Å². The van der Waals surface area contributed by atoms with Crippen LogP contribution in [-0.4, -0.2) is 58.3 Å². The molecular weight excluding hydrogens is 544 g/mol. The van der Waals surface area contributed by atoms with Crippen LogP contribution < -0.4 is 0 Å². The molecule has 230 valence electrons. The Hall–Kier alpha value is -3.60. The summed E-state index contributed by atoms with van der Waals surface area (Å²) < 4.78 is 15.9. The fourth-order valence-corrected chi connectivity index (χ4v) is 5.41. The summed E-state index contributed by atoms with van der Waals surface area (Å²) in [7, 11) is 0. The summed E-state index contributed by atoms with van der Waals surface area (Å²) in [6.07, 6.45) is 2.82. The maximum atomic E-state index is 13.1. The number of carbonyl (C=O) groups excluding carboxylic acids is 4. The first-order valence-electron chi connectivity index (χ1n) is 14.6. The van der Waals surface area contributed by atoms with E-state index in [1.54, 1.807) is 19.1 Å². The lowest BCUT2D eigenvalue weighted by Gasteiger charge is -2.43. The number of ketones is 2. The van der Waals surface area contributed by atoms with Gasteiger partial charge in [0.25, 0.3) is 0 Å². The van der Waals surface area contributed by atoms with Crippen LogP contribution in [0.5, 0.6) is 0 Å². The van der Waals surface area contributed by atoms with Crippen molar-refractivity contribution in [2.24, 2.45) is 28.8 Å². The van der Waals surface area contributed by atoms with E-state index < -0.39 is 24.1 Å². The molecule has 1 aromatic rings. The van der Waals surface area contributed by atoms with E-state index in [-0.39, 0.29) is 67.8 Å². The van der Waals surface area contributed by atoms with Crippen LogP contribution in [-0.2, 0) is 40.1 Å². The number of ether oxygens (including phenoxy) is 2. The molecule has 3 rings (SSSR count). The van der Waals surface area contributed by atoms with Crippen LogP contribution in [0, 0.1) is 30.6 Å². The Morgan fingerprint density at radius 2 is 2.07 bits per heavy atom. The van der Waals surface area contributed by atoms with Gasteiger partial charge < -0.3 is 23.9 Å². The van der Waals surface area contributed by atoms with Crippen LogP contribution in [0.25, 0.3) is 0 Å². The molecule has 0 bridgehead atoms. The average molecular weight is 587 g/mol. The molecule has 1 aromatic heterocycles. The minimum atomic E-state index is -1.17. The van der Waals surface area contributed by atoms with Crippen LogP contribution in [0.4, 0.5) is 0 Å². The van der Waals surface area contributed by atoms with Gasteiger partial charge >= 0.3 is 11.9 Å². The quantitative estimate of drug-likeness (QED) is 0.180. The first-order chi connectivity index (χ1) is 20.0. The third-order valence-electron chi connectivity index (χ3n) is 7.94. The van der Waals surface area contributed by atoms with E-state index in [2.05, 4.69) is 16.9 Å². The Morgan fingerprint density at radius 1 is 1.31 bits per heavy atom. The van der Waals surface area contributed by atoms with Crippen molar-refractivity contribution in [2.45, 2.75) is 91.5 Å². The highest BCUT2D eigenvalue weighted by molar-refractivity contribution is 6.08. The number of hydrogen-bond acceptors (Lipinski definition) is 11. The fraction of sp³-hybridized carbons (Fsp3) is 0.613. The van der Waals surface area contributed by atoms with E-state index in [9.17, 15) is 24.3 Å². The maximum absolute atomic E-state index is 13.1. The number of nitrogens with zero attached hydrogens (tertiary/aromatic N) is 2. The van der Waals surface area contributed by atoms with Gasteiger partial charge in [-0.1, -0.05) is 43.7 Å².